The van der Waals surface area contributed by atoms with Crippen molar-refractivity contribution in [2.24, 2.45) is 5.92 Å². The van der Waals surface area contributed by atoms with Crippen LogP contribution in [0, 0.1) is 5.92 Å². The first-order valence-electron chi connectivity index (χ1n) is 7.66. The number of hydrogen-bond acceptors (Lipinski definition) is 3. The van der Waals surface area contributed by atoms with E-state index >= 15 is 0 Å². The van der Waals surface area contributed by atoms with Crippen molar-refractivity contribution in [3.05, 3.63) is 29.8 Å². The molecule has 0 fully saturated rings. The van der Waals surface area contributed by atoms with Crippen molar-refractivity contribution in [2.75, 3.05) is 19.6 Å². The molecule has 1 aromatic carbocycles. The predicted molar refractivity (Wildman–Crippen MR) is 87.8 cm³/mol. The summed E-state index contributed by atoms with van der Waals surface area (Å²) in [5.41, 5.74) is 1.10. The molecule has 0 spiro atoms. The van der Waals surface area contributed by atoms with Crippen LogP contribution in [0.3, 0.4) is 0 Å². The first kappa shape index (κ1) is 18.1. The van der Waals surface area contributed by atoms with Gasteiger partial charge in [0.25, 0.3) is 0 Å². The maximum absolute atomic E-state index is 12.6. The second-order valence-corrected chi connectivity index (χ2v) is 7.64. The van der Waals surface area contributed by atoms with Gasteiger partial charge >= 0.3 is 0 Å². The van der Waals surface area contributed by atoms with E-state index in [1.54, 1.807) is 16.4 Å². The van der Waals surface area contributed by atoms with Crippen LogP contribution in [-0.4, -0.2) is 32.4 Å². The van der Waals surface area contributed by atoms with Crippen LogP contribution in [0.1, 0.15) is 46.2 Å². The Morgan fingerprint density at radius 2 is 1.67 bits per heavy atom. The van der Waals surface area contributed by atoms with Gasteiger partial charge in [0, 0.05) is 19.1 Å². The summed E-state index contributed by atoms with van der Waals surface area (Å²) < 4.78 is 26.8. The quantitative estimate of drug-likeness (QED) is 0.803. The number of nitrogens with one attached hydrogen (secondary N) is 1. The van der Waals surface area contributed by atoms with Crippen molar-refractivity contribution in [2.45, 2.75) is 45.6 Å². The van der Waals surface area contributed by atoms with Gasteiger partial charge in [0.1, 0.15) is 0 Å². The Bertz CT molecular complexity index is 524. The van der Waals surface area contributed by atoms with Gasteiger partial charge < -0.3 is 5.32 Å². The lowest BCUT2D eigenvalue weighted by molar-refractivity contribution is 0.381. The summed E-state index contributed by atoms with van der Waals surface area (Å²) in [5, 5.41) is 3.32. The summed E-state index contributed by atoms with van der Waals surface area (Å²) in [6.45, 7) is 12.0. The molecule has 1 rings (SSSR count). The van der Waals surface area contributed by atoms with Gasteiger partial charge in [-0.05, 0) is 37.1 Å². The minimum atomic E-state index is -3.39. The normalized spacial score (nSPS) is 13.9. The van der Waals surface area contributed by atoms with Gasteiger partial charge in [-0.2, -0.15) is 4.31 Å². The number of hydrogen-bond donors (Lipinski definition) is 1. The van der Waals surface area contributed by atoms with Gasteiger partial charge in [0.05, 0.1) is 4.90 Å². The molecule has 5 heteroatoms. The Balaban J connectivity index is 2.98. The second-order valence-electron chi connectivity index (χ2n) is 5.70. The van der Waals surface area contributed by atoms with Crippen molar-refractivity contribution in [3.8, 4) is 0 Å². The van der Waals surface area contributed by atoms with E-state index in [1.165, 1.54) is 0 Å². The van der Waals surface area contributed by atoms with E-state index in [9.17, 15) is 8.42 Å². The molecule has 4 nitrogen and oxygen atoms in total. The fraction of sp³-hybridized carbons (Fsp3) is 0.625. The standard InChI is InChI=1S/C16H28N2O2S/c1-6-17-14(5)15-8-10-16(11-9-15)21(19,20)18(7-2)12-13(3)4/h8-11,13-14,17H,6-7,12H2,1-5H3. The topological polar surface area (TPSA) is 49.4 Å². The fourth-order valence-electron chi connectivity index (χ4n) is 2.31. The molecule has 0 aromatic heterocycles. The lowest BCUT2D eigenvalue weighted by Crippen LogP contribution is -2.34. The molecular formula is C16H28N2O2S. The molecule has 1 N–H and O–H groups in total. The average molecular weight is 312 g/mol. The molecule has 0 aliphatic rings. The highest BCUT2D eigenvalue weighted by atomic mass is 32.2. The molecule has 0 amide bonds. The highest BCUT2D eigenvalue weighted by Crippen LogP contribution is 2.20. The summed E-state index contributed by atoms with van der Waals surface area (Å²) in [4.78, 5) is 0.373. The third-order valence-corrected chi connectivity index (χ3v) is 5.40. The van der Waals surface area contributed by atoms with Crippen molar-refractivity contribution < 1.29 is 8.42 Å². The Hall–Kier alpha value is -0.910. The lowest BCUT2D eigenvalue weighted by atomic mass is 10.1. The monoisotopic (exact) mass is 312 g/mol. The van der Waals surface area contributed by atoms with Crippen LogP contribution < -0.4 is 5.32 Å². The van der Waals surface area contributed by atoms with Gasteiger partial charge in [0.15, 0.2) is 0 Å². The van der Waals surface area contributed by atoms with Crippen molar-refractivity contribution in [3.63, 3.8) is 0 Å². The van der Waals surface area contributed by atoms with Crippen LogP contribution in [0.25, 0.3) is 0 Å². The molecule has 0 aliphatic carbocycles. The lowest BCUT2D eigenvalue weighted by Gasteiger charge is -2.22. The van der Waals surface area contributed by atoms with E-state index in [4.69, 9.17) is 0 Å². The van der Waals surface area contributed by atoms with Crippen LogP contribution in [0.15, 0.2) is 29.2 Å². The minimum Gasteiger partial charge on any atom is -0.310 e. The zero-order chi connectivity index (χ0) is 16.0. The van der Waals surface area contributed by atoms with Gasteiger partial charge in [-0.3, -0.25) is 0 Å². The number of nitrogens with zero attached hydrogens (tertiary/aromatic N) is 1. The van der Waals surface area contributed by atoms with Gasteiger partial charge in [-0.25, -0.2) is 8.42 Å². The highest BCUT2D eigenvalue weighted by Gasteiger charge is 2.23. The van der Waals surface area contributed by atoms with E-state index in [0.717, 1.165) is 12.1 Å². The molecular weight excluding hydrogens is 284 g/mol. The van der Waals surface area contributed by atoms with Gasteiger partial charge in [-0.1, -0.05) is 39.8 Å². The maximum atomic E-state index is 12.6. The molecule has 1 unspecified atom stereocenters. The van der Waals surface area contributed by atoms with E-state index in [-0.39, 0.29) is 6.04 Å². The number of sulfonamides is 1. The van der Waals surface area contributed by atoms with Crippen molar-refractivity contribution in [1.29, 1.82) is 0 Å². The number of benzene rings is 1. The van der Waals surface area contributed by atoms with Gasteiger partial charge in [0.2, 0.25) is 10.0 Å². The van der Waals surface area contributed by atoms with Crippen LogP contribution in [-0.2, 0) is 10.0 Å². The first-order valence-corrected chi connectivity index (χ1v) is 9.10. The minimum absolute atomic E-state index is 0.227. The van der Waals surface area contributed by atoms with E-state index in [2.05, 4.69) is 19.2 Å². The summed E-state index contributed by atoms with van der Waals surface area (Å²) >= 11 is 0. The summed E-state index contributed by atoms with van der Waals surface area (Å²) in [6.07, 6.45) is 0. The third-order valence-electron chi connectivity index (χ3n) is 3.45. The zero-order valence-electron chi connectivity index (χ0n) is 13.8. The molecule has 0 saturated carbocycles. The average Bonchev–Trinajstić information content (AvgIpc) is 2.44. The summed E-state index contributed by atoms with van der Waals surface area (Å²) in [7, 11) is -3.39. The molecule has 21 heavy (non-hydrogen) atoms. The van der Waals surface area contributed by atoms with E-state index in [1.807, 2.05) is 32.9 Å². The summed E-state index contributed by atoms with van der Waals surface area (Å²) in [6, 6.07) is 7.43. The molecule has 0 aliphatic heterocycles. The van der Waals surface area contributed by atoms with Crippen LogP contribution in [0.2, 0.25) is 0 Å². The Labute approximate surface area is 129 Å². The van der Waals surface area contributed by atoms with Crippen LogP contribution >= 0.6 is 0 Å². The Morgan fingerprint density at radius 3 is 2.10 bits per heavy atom. The molecule has 1 aromatic rings. The number of rotatable bonds is 8. The molecule has 0 heterocycles. The molecule has 1 atom stereocenters. The van der Waals surface area contributed by atoms with Crippen LogP contribution in [0.5, 0.6) is 0 Å². The molecule has 0 saturated heterocycles. The van der Waals surface area contributed by atoms with Gasteiger partial charge in [-0.15, -0.1) is 0 Å². The van der Waals surface area contributed by atoms with Crippen molar-refractivity contribution >= 4 is 10.0 Å². The smallest absolute Gasteiger partial charge is 0.243 e. The van der Waals surface area contributed by atoms with Crippen LogP contribution in [0.4, 0.5) is 0 Å². The molecule has 120 valence electrons. The largest absolute Gasteiger partial charge is 0.310 e. The van der Waals surface area contributed by atoms with E-state index in [0.29, 0.717) is 23.9 Å². The molecule has 0 radical (unpaired) electrons. The Kier molecular flexibility index (Phi) is 6.84. The second kappa shape index (κ2) is 7.92. The van der Waals surface area contributed by atoms with E-state index < -0.39 is 10.0 Å². The Morgan fingerprint density at radius 1 is 1.10 bits per heavy atom. The maximum Gasteiger partial charge on any atom is 0.243 e. The predicted octanol–water partition coefficient (Wildman–Crippen LogP) is 3.02. The SMILES string of the molecule is CCNC(C)c1ccc(S(=O)(=O)N(CC)CC(C)C)cc1. The fourth-order valence-corrected chi connectivity index (χ4v) is 3.92. The third kappa shape index (κ3) is 4.80. The van der Waals surface area contributed by atoms with Crippen molar-refractivity contribution in [1.82, 2.24) is 9.62 Å². The summed E-state index contributed by atoms with van der Waals surface area (Å²) in [5.74, 6) is 0.313. The molecule has 0 bridgehead atoms. The highest BCUT2D eigenvalue weighted by molar-refractivity contribution is 7.89. The first-order chi connectivity index (χ1) is 9.82. The zero-order valence-corrected chi connectivity index (χ0v) is 14.6.